The SMILES string of the molecule is O=C(O)C=Cc1ccc(OCc2cc(Br)cs2)c(Br)c1. The predicted molar refractivity (Wildman–Crippen MR) is 87.2 cm³/mol. The topological polar surface area (TPSA) is 46.5 Å². The smallest absolute Gasteiger partial charge is 0.328 e. The van der Waals surface area contributed by atoms with Gasteiger partial charge in [0.2, 0.25) is 0 Å². The summed E-state index contributed by atoms with van der Waals surface area (Å²) < 4.78 is 7.56. The zero-order valence-corrected chi connectivity index (χ0v) is 14.2. The second-order valence-electron chi connectivity index (χ2n) is 3.88. The average molecular weight is 418 g/mol. The van der Waals surface area contributed by atoms with Crippen molar-refractivity contribution in [1.82, 2.24) is 0 Å². The number of thiophene rings is 1. The quantitative estimate of drug-likeness (QED) is 0.700. The maximum atomic E-state index is 10.5. The molecule has 0 spiro atoms. The highest BCUT2D eigenvalue weighted by Gasteiger charge is 2.04. The fraction of sp³-hybridized carbons (Fsp3) is 0.0714. The molecule has 0 aliphatic carbocycles. The van der Waals surface area contributed by atoms with Gasteiger partial charge in [0, 0.05) is 20.8 Å². The highest BCUT2D eigenvalue weighted by atomic mass is 79.9. The number of ether oxygens (including phenoxy) is 1. The summed E-state index contributed by atoms with van der Waals surface area (Å²) in [7, 11) is 0. The minimum Gasteiger partial charge on any atom is -0.487 e. The van der Waals surface area contributed by atoms with Gasteiger partial charge in [0.1, 0.15) is 12.4 Å². The molecule has 20 heavy (non-hydrogen) atoms. The number of benzene rings is 1. The van der Waals surface area contributed by atoms with Crippen molar-refractivity contribution in [2.24, 2.45) is 0 Å². The van der Waals surface area contributed by atoms with E-state index in [1.807, 2.05) is 29.6 Å². The molecule has 0 saturated carbocycles. The molecule has 1 aromatic carbocycles. The first-order valence-electron chi connectivity index (χ1n) is 5.61. The van der Waals surface area contributed by atoms with Crippen LogP contribution >= 0.6 is 43.2 Å². The first kappa shape index (κ1) is 15.3. The van der Waals surface area contributed by atoms with Gasteiger partial charge in [-0.3, -0.25) is 0 Å². The molecule has 0 fully saturated rings. The molecule has 0 amide bonds. The largest absolute Gasteiger partial charge is 0.487 e. The van der Waals surface area contributed by atoms with Gasteiger partial charge in [-0.15, -0.1) is 11.3 Å². The highest BCUT2D eigenvalue weighted by Crippen LogP contribution is 2.28. The van der Waals surface area contributed by atoms with E-state index >= 15 is 0 Å². The number of halogens is 2. The lowest BCUT2D eigenvalue weighted by molar-refractivity contribution is -0.131. The van der Waals surface area contributed by atoms with Gasteiger partial charge >= 0.3 is 5.97 Å². The molecule has 1 N–H and O–H groups in total. The summed E-state index contributed by atoms with van der Waals surface area (Å²) in [5.41, 5.74) is 0.797. The van der Waals surface area contributed by atoms with E-state index in [1.165, 1.54) is 6.08 Å². The lowest BCUT2D eigenvalue weighted by Gasteiger charge is -2.07. The van der Waals surface area contributed by atoms with E-state index in [0.717, 1.165) is 31.2 Å². The van der Waals surface area contributed by atoms with Crippen LogP contribution in [0.5, 0.6) is 5.75 Å². The normalized spacial score (nSPS) is 10.9. The first-order chi connectivity index (χ1) is 9.54. The molecule has 6 heteroatoms. The lowest BCUT2D eigenvalue weighted by atomic mass is 10.2. The Morgan fingerprint density at radius 3 is 2.75 bits per heavy atom. The van der Waals surface area contributed by atoms with Gasteiger partial charge in [-0.1, -0.05) is 6.07 Å². The van der Waals surface area contributed by atoms with Crippen molar-refractivity contribution in [3.05, 3.63) is 55.1 Å². The summed E-state index contributed by atoms with van der Waals surface area (Å²) in [6.45, 7) is 0.499. The fourth-order valence-electron chi connectivity index (χ4n) is 1.48. The van der Waals surface area contributed by atoms with Crippen molar-refractivity contribution in [1.29, 1.82) is 0 Å². The van der Waals surface area contributed by atoms with E-state index in [1.54, 1.807) is 11.3 Å². The Kier molecular flexibility index (Phi) is 5.39. The molecule has 0 atom stereocenters. The van der Waals surface area contributed by atoms with Gasteiger partial charge in [0.05, 0.1) is 4.47 Å². The summed E-state index contributed by atoms with van der Waals surface area (Å²) >= 11 is 8.45. The summed E-state index contributed by atoms with van der Waals surface area (Å²) in [6.07, 6.45) is 2.64. The third-order valence-electron chi connectivity index (χ3n) is 2.37. The number of hydrogen-bond acceptors (Lipinski definition) is 3. The molecule has 0 aliphatic heterocycles. The van der Waals surface area contributed by atoms with Crippen LogP contribution in [0.1, 0.15) is 10.4 Å². The Hall–Kier alpha value is -1.11. The van der Waals surface area contributed by atoms with Crippen LogP contribution in [-0.2, 0) is 11.4 Å². The molecular formula is C14H10Br2O3S. The minimum absolute atomic E-state index is 0.499. The molecule has 3 nitrogen and oxygen atoms in total. The Bertz CT molecular complexity index is 650. The van der Waals surface area contributed by atoms with E-state index in [-0.39, 0.29) is 0 Å². The average Bonchev–Trinajstić information content (AvgIpc) is 2.81. The van der Waals surface area contributed by atoms with Crippen molar-refractivity contribution in [3.63, 3.8) is 0 Å². The van der Waals surface area contributed by atoms with Crippen LogP contribution in [0.3, 0.4) is 0 Å². The molecule has 1 aromatic heterocycles. The third kappa shape index (κ3) is 4.47. The van der Waals surface area contributed by atoms with Gasteiger partial charge in [-0.05, 0) is 61.7 Å². The second-order valence-corrected chi connectivity index (χ2v) is 6.65. The van der Waals surface area contributed by atoms with Crippen LogP contribution in [0.2, 0.25) is 0 Å². The molecule has 0 saturated heterocycles. The summed E-state index contributed by atoms with van der Waals surface area (Å²) in [5.74, 6) is -0.244. The van der Waals surface area contributed by atoms with E-state index in [4.69, 9.17) is 9.84 Å². The van der Waals surface area contributed by atoms with Crippen LogP contribution < -0.4 is 4.74 Å². The maximum absolute atomic E-state index is 10.5. The van der Waals surface area contributed by atoms with Crippen LogP contribution in [0.4, 0.5) is 0 Å². The summed E-state index contributed by atoms with van der Waals surface area (Å²) in [4.78, 5) is 11.6. The summed E-state index contributed by atoms with van der Waals surface area (Å²) in [5, 5.41) is 10.6. The number of rotatable bonds is 5. The number of carbonyl (C=O) groups is 1. The van der Waals surface area contributed by atoms with Crippen molar-refractivity contribution in [3.8, 4) is 5.75 Å². The third-order valence-corrected chi connectivity index (χ3v) is 4.66. The Labute approximate surface area is 137 Å². The van der Waals surface area contributed by atoms with E-state index in [0.29, 0.717) is 6.61 Å². The van der Waals surface area contributed by atoms with Crippen molar-refractivity contribution >= 4 is 55.2 Å². The van der Waals surface area contributed by atoms with Gasteiger partial charge in [-0.2, -0.15) is 0 Å². The molecule has 1 heterocycles. The molecule has 0 unspecified atom stereocenters. The number of carboxylic acid groups (broad SMARTS) is 1. The van der Waals surface area contributed by atoms with E-state index in [9.17, 15) is 4.79 Å². The zero-order chi connectivity index (χ0) is 14.5. The standard InChI is InChI=1S/C14H10Br2O3S/c15-10-6-11(20-8-10)7-19-13-3-1-9(5-12(13)16)2-4-14(17)18/h1-6,8H,7H2,(H,17,18). The van der Waals surface area contributed by atoms with Gasteiger partial charge in [0.25, 0.3) is 0 Å². The van der Waals surface area contributed by atoms with Gasteiger partial charge in [-0.25, -0.2) is 4.79 Å². The Morgan fingerprint density at radius 2 is 2.15 bits per heavy atom. The molecule has 0 radical (unpaired) electrons. The van der Waals surface area contributed by atoms with Crippen LogP contribution in [0.15, 0.2) is 44.7 Å². The first-order valence-corrected chi connectivity index (χ1v) is 8.07. The van der Waals surface area contributed by atoms with Crippen molar-refractivity contribution < 1.29 is 14.6 Å². The number of aliphatic carboxylic acids is 1. The zero-order valence-electron chi connectivity index (χ0n) is 10.2. The Morgan fingerprint density at radius 1 is 1.35 bits per heavy atom. The molecular weight excluding hydrogens is 408 g/mol. The van der Waals surface area contributed by atoms with Gasteiger partial charge in [0.15, 0.2) is 0 Å². The molecule has 2 aromatic rings. The molecule has 104 valence electrons. The highest BCUT2D eigenvalue weighted by molar-refractivity contribution is 9.10. The van der Waals surface area contributed by atoms with Gasteiger partial charge < -0.3 is 9.84 Å². The van der Waals surface area contributed by atoms with Crippen LogP contribution in [0, 0.1) is 0 Å². The Balaban J connectivity index is 2.04. The van der Waals surface area contributed by atoms with Crippen LogP contribution in [0.25, 0.3) is 6.08 Å². The second kappa shape index (κ2) is 7.06. The summed E-state index contributed by atoms with van der Waals surface area (Å²) in [6, 6.07) is 7.46. The predicted octanol–water partition coefficient (Wildman–Crippen LogP) is 4.95. The van der Waals surface area contributed by atoms with Crippen molar-refractivity contribution in [2.75, 3.05) is 0 Å². The van der Waals surface area contributed by atoms with E-state index < -0.39 is 5.97 Å². The number of carboxylic acids is 1. The lowest BCUT2D eigenvalue weighted by Crippen LogP contribution is -1.94. The number of hydrogen-bond donors (Lipinski definition) is 1. The molecule has 2 rings (SSSR count). The van der Waals surface area contributed by atoms with E-state index in [2.05, 4.69) is 31.9 Å². The maximum Gasteiger partial charge on any atom is 0.328 e. The van der Waals surface area contributed by atoms with Crippen LogP contribution in [-0.4, -0.2) is 11.1 Å². The molecule has 0 bridgehead atoms. The fourth-order valence-corrected chi connectivity index (χ4v) is 3.36. The monoisotopic (exact) mass is 416 g/mol. The van der Waals surface area contributed by atoms with Crippen molar-refractivity contribution in [2.45, 2.75) is 6.61 Å². The minimum atomic E-state index is -0.968. The molecule has 0 aliphatic rings.